The third-order valence-corrected chi connectivity index (χ3v) is 6.25. The van der Waals surface area contributed by atoms with Gasteiger partial charge in [0.25, 0.3) is 0 Å². The average Bonchev–Trinajstić information content (AvgIpc) is 2.99. The molecule has 1 aromatic rings. The highest BCUT2D eigenvalue weighted by Crippen LogP contribution is 2.57. The average molecular weight is 356 g/mol. The maximum Gasteiger partial charge on any atom is 0.168 e. The van der Waals surface area contributed by atoms with Gasteiger partial charge in [-0.15, -0.1) is 0 Å². The van der Waals surface area contributed by atoms with Crippen molar-refractivity contribution in [2.45, 2.75) is 36.9 Å². The first-order valence-electron chi connectivity index (χ1n) is 7.10. The summed E-state index contributed by atoms with van der Waals surface area (Å²) in [7, 11) is 0. The van der Waals surface area contributed by atoms with Gasteiger partial charge in [-0.05, 0) is 36.1 Å². The van der Waals surface area contributed by atoms with E-state index in [-0.39, 0.29) is 11.2 Å². The largest absolute Gasteiger partial charge is 0.348 e. The zero-order valence-corrected chi connectivity index (χ0v) is 13.5. The second kappa shape index (κ2) is 4.57. The SMILES string of the molecule is Clc1cccc2c1C1(CCC3(CC1)OCCO3)C(Br)=C2. The Balaban J connectivity index is 1.72. The minimum absolute atomic E-state index is 0.0221. The molecule has 2 spiro atoms. The molecule has 1 aromatic carbocycles. The third kappa shape index (κ3) is 1.77. The van der Waals surface area contributed by atoms with E-state index in [4.69, 9.17) is 21.1 Å². The molecule has 1 heterocycles. The van der Waals surface area contributed by atoms with Gasteiger partial charge in [0.2, 0.25) is 0 Å². The zero-order chi connectivity index (χ0) is 13.8. The number of benzene rings is 1. The van der Waals surface area contributed by atoms with Crippen molar-refractivity contribution in [1.82, 2.24) is 0 Å². The molecule has 2 nitrogen and oxygen atoms in total. The van der Waals surface area contributed by atoms with Gasteiger partial charge in [-0.3, -0.25) is 0 Å². The molecule has 0 aromatic heterocycles. The molecule has 0 N–H and O–H groups in total. The minimum atomic E-state index is -0.331. The van der Waals surface area contributed by atoms with Gasteiger partial charge in [0, 0.05) is 27.8 Å². The molecule has 1 saturated carbocycles. The van der Waals surface area contributed by atoms with Gasteiger partial charge in [0.15, 0.2) is 5.79 Å². The highest BCUT2D eigenvalue weighted by atomic mass is 79.9. The number of ether oxygens (including phenoxy) is 2. The fraction of sp³-hybridized carbons (Fsp3) is 0.500. The predicted octanol–water partition coefficient (Wildman–Crippen LogP) is 4.64. The molecule has 4 rings (SSSR count). The molecule has 0 radical (unpaired) electrons. The van der Waals surface area contributed by atoms with Crippen LogP contribution in [0.25, 0.3) is 6.08 Å². The number of hydrogen-bond acceptors (Lipinski definition) is 2. The fourth-order valence-electron chi connectivity index (χ4n) is 3.89. The third-order valence-electron chi connectivity index (χ3n) is 4.94. The lowest BCUT2D eigenvalue weighted by molar-refractivity contribution is -0.182. The van der Waals surface area contributed by atoms with Crippen molar-refractivity contribution in [3.63, 3.8) is 0 Å². The number of allylic oxidation sites excluding steroid dienone is 1. The Labute approximate surface area is 132 Å². The van der Waals surface area contributed by atoms with E-state index in [0.717, 1.165) is 43.9 Å². The van der Waals surface area contributed by atoms with Crippen molar-refractivity contribution in [2.24, 2.45) is 0 Å². The smallest absolute Gasteiger partial charge is 0.168 e. The van der Waals surface area contributed by atoms with Gasteiger partial charge in [-0.1, -0.05) is 39.7 Å². The van der Waals surface area contributed by atoms with Crippen LogP contribution >= 0.6 is 27.5 Å². The van der Waals surface area contributed by atoms with Crippen molar-refractivity contribution < 1.29 is 9.47 Å². The monoisotopic (exact) mass is 354 g/mol. The van der Waals surface area contributed by atoms with Crippen LogP contribution in [0.5, 0.6) is 0 Å². The number of halogens is 2. The van der Waals surface area contributed by atoms with Crippen LogP contribution in [0.2, 0.25) is 5.02 Å². The molecule has 2 fully saturated rings. The van der Waals surface area contributed by atoms with Crippen molar-refractivity contribution in [1.29, 1.82) is 0 Å². The van der Waals surface area contributed by atoms with Crippen molar-refractivity contribution in [3.05, 3.63) is 38.8 Å². The summed E-state index contributed by atoms with van der Waals surface area (Å²) >= 11 is 10.3. The van der Waals surface area contributed by atoms with Crippen LogP contribution in [0.15, 0.2) is 22.7 Å². The van der Waals surface area contributed by atoms with Crippen LogP contribution in [0.1, 0.15) is 36.8 Å². The van der Waals surface area contributed by atoms with Gasteiger partial charge < -0.3 is 9.47 Å². The lowest BCUT2D eigenvalue weighted by Crippen LogP contribution is -2.41. The Morgan fingerprint density at radius 2 is 1.75 bits per heavy atom. The summed E-state index contributed by atoms with van der Waals surface area (Å²) in [5, 5.41) is 0.873. The fourth-order valence-corrected chi connectivity index (χ4v) is 5.10. The molecule has 1 aliphatic heterocycles. The molecule has 106 valence electrons. The summed E-state index contributed by atoms with van der Waals surface area (Å²) < 4.78 is 12.9. The van der Waals surface area contributed by atoms with Crippen molar-refractivity contribution in [3.8, 4) is 0 Å². The van der Waals surface area contributed by atoms with Crippen LogP contribution in [0, 0.1) is 0 Å². The molecule has 3 aliphatic rings. The zero-order valence-electron chi connectivity index (χ0n) is 11.1. The minimum Gasteiger partial charge on any atom is -0.348 e. The topological polar surface area (TPSA) is 18.5 Å². The van der Waals surface area contributed by atoms with Crippen molar-refractivity contribution >= 4 is 33.6 Å². The summed E-state index contributed by atoms with van der Waals surface area (Å²) in [5.41, 5.74) is 2.55. The first-order chi connectivity index (χ1) is 9.65. The molecule has 2 aliphatic carbocycles. The Bertz CT molecular complexity index is 580. The molecule has 0 bridgehead atoms. The van der Waals surface area contributed by atoms with Gasteiger partial charge in [-0.25, -0.2) is 0 Å². The highest BCUT2D eigenvalue weighted by Gasteiger charge is 2.51. The molecule has 0 unspecified atom stereocenters. The number of hydrogen-bond donors (Lipinski definition) is 0. The van der Waals surface area contributed by atoms with Crippen LogP contribution in [0.4, 0.5) is 0 Å². The van der Waals surface area contributed by atoms with Gasteiger partial charge in [-0.2, -0.15) is 0 Å². The first kappa shape index (κ1) is 13.3. The van der Waals surface area contributed by atoms with Crippen LogP contribution in [-0.4, -0.2) is 19.0 Å². The Morgan fingerprint density at radius 1 is 1.05 bits per heavy atom. The second-order valence-electron chi connectivity index (χ2n) is 5.89. The Kier molecular flexibility index (Phi) is 3.05. The summed E-state index contributed by atoms with van der Waals surface area (Å²) in [6, 6.07) is 6.16. The summed E-state index contributed by atoms with van der Waals surface area (Å²) in [6.07, 6.45) is 6.11. The molecule has 1 saturated heterocycles. The maximum absolute atomic E-state index is 6.49. The standard InChI is InChI=1S/C16H16BrClO2/c17-13-10-11-2-1-3-12(18)14(11)15(13)4-6-16(7-5-15)19-8-9-20-16/h1-3,10H,4-9H2. The van der Waals surface area contributed by atoms with E-state index < -0.39 is 0 Å². The van der Waals surface area contributed by atoms with Gasteiger partial charge in [0.1, 0.15) is 0 Å². The maximum atomic E-state index is 6.49. The van der Waals surface area contributed by atoms with E-state index in [2.05, 4.69) is 28.1 Å². The lowest BCUT2D eigenvalue weighted by atomic mass is 9.69. The molecule has 0 atom stereocenters. The summed E-state index contributed by atoms with van der Waals surface area (Å²) in [4.78, 5) is 0. The number of rotatable bonds is 0. The Morgan fingerprint density at radius 3 is 2.45 bits per heavy atom. The van der Waals surface area contributed by atoms with E-state index in [1.807, 2.05) is 12.1 Å². The van der Waals surface area contributed by atoms with Crippen LogP contribution in [-0.2, 0) is 14.9 Å². The van der Waals surface area contributed by atoms with E-state index in [9.17, 15) is 0 Å². The molecule has 0 amide bonds. The van der Waals surface area contributed by atoms with Crippen LogP contribution < -0.4 is 0 Å². The van der Waals surface area contributed by atoms with Gasteiger partial charge in [0.05, 0.1) is 13.2 Å². The Hall–Kier alpha value is -0.350. The van der Waals surface area contributed by atoms with E-state index in [1.165, 1.54) is 15.6 Å². The molecular formula is C16H16BrClO2. The molecule has 20 heavy (non-hydrogen) atoms. The van der Waals surface area contributed by atoms with E-state index in [1.54, 1.807) is 0 Å². The quantitative estimate of drug-likeness (QED) is 0.675. The summed E-state index contributed by atoms with van der Waals surface area (Å²) in [6.45, 7) is 1.45. The van der Waals surface area contributed by atoms with E-state index in [0.29, 0.717) is 0 Å². The van der Waals surface area contributed by atoms with E-state index >= 15 is 0 Å². The normalized spacial score (nSPS) is 26.0. The highest BCUT2D eigenvalue weighted by molar-refractivity contribution is 9.11. The molecular weight excluding hydrogens is 340 g/mol. The molecule has 4 heteroatoms. The van der Waals surface area contributed by atoms with Crippen molar-refractivity contribution in [2.75, 3.05) is 13.2 Å². The second-order valence-corrected chi connectivity index (χ2v) is 7.15. The summed E-state index contributed by atoms with van der Waals surface area (Å²) in [5.74, 6) is -0.331. The first-order valence-corrected chi connectivity index (χ1v) is 8.27. The lowest BCUT2D eigenvalue weighted by Gasteiger charge is -2.43. The van der Waals surface area contributed by atoms with Gasteiger partial charge >= 0.3 is 0 Å². The predicted molar refractivity (Wildman–Crippen MR) is 83.1 cm³/mol. The van der Waals surface area contributed by atoms with Crippen LogP contribution in [0.3, 0.4) is 0 Å². The number of fused-ring (bicyclic) bond motifs is 2.